The number of para-hydroxylation sites is 2. The van der Waals surface area contributed by atoms with E-state index in [9.17, 15) is 18.0 Å². The van der Waals surface area contributed by atoms with Crippen LogP contribution in [0.1, 0.15) is 18.4 Å². The Bertz CT molecular complexity index is 1290. The van der Waals surface area contributed by atoms with Crippen LogP contribution >= 0.6 is 11.6 Å². The highest BCUT2D eigenvalue weighted by Crippen LogP contribution is 2.23. The van der Waals surface area contributed by atoms with Crippen molar-refractivity contribution >= 4 is 45.3 Å². The molecule has 0 fully saturated rings. The van der Waals surface area contributed by atoms with Gasteiger partial charge in [-0.3, -0.25) is 9.59 Å². The van der Waals surface area contributed by atoms with Crippen LogP contribution in [0.25, 0.3) is 0 Å². The van der Waals surface area contributed by atoms with Gasteiger partial charge in [-0.25, -0.2) is 18.6 Å². The average Bonchev–Trinajstić information content (AvgIpc) is 3.27. The summed E-state index contributed by atoms with van der Waals surface area (Å²) in [5.41, 5.74) is 2.44. The van der Waals surface area contributed by atoms with E-state index in [0.717, 1.165) is 0 Å². The molecule has 0 spiro atoms. The first-order valence-electron chi connectivity index (χ1n) is 9.98. The third kappa shape index (κ3) is 6.91. The fraction of sp³-hybridized carbons (Fsp3) is 0.136. The van der Waals surface area contributed by atoms with Gasteiger partial charge in [-0.05, 0) is 55.5 Å². The van der Waals surface area contributed by atoms with Crippen molar-refractivity contribution in [1.82, 2.24) is 10.1 Å². The Morgan fingerprint density at radius 1 is 1.06 bits per heavy atom. The SMILES string of the molecule is CCOc1ccccc1NC(=O)C(=O)N/N=C/c1ccc(CNS(=O)(=O)c2ccc(Cl)cc2)o1. The Hall–Kier alpha value is -3.67. The Balaban J connectivity index is 1.51. The van der Waals surface area contributed by atoms with Gasteiger partial charge in [-0.15, -0.1) is 0 Å². The normalized spacial score (nSPS) is 11.4. The third-order valence-electron chi connectivity index (χ3n) is 4.24. The molecule has 0 aliphatic heterocycles. The van der Waals surface area contributed by atoms with Crippen molar-refractivity contribution in [3.8, 4) is 5.75 Å². The zero-order valence-corrected chi connectivity index (χ0v) is 19.5. The van der Waals surface area contributed by atoms with Gasteiger partial charge in [0, 0.05) is 5.02 Å². The van der Waals surface area contributed by atoms with Crippen LogP contribution in [0, 0.1) is 0 Å². The number of rotatable bonds is 9. The summed E-state index contributed by atoms with van der Waals surface area (Å²) >= 11 is 5.77. The first-order chi connectivity index (χ1) is 16.3. The maximum absolute atomic E-state index is 12.3. The number of hydrogen-bond acceptors (Lipinski definition) is 7. The van der Waals surface area contributed by atoms with Gasteiger partial charge in [0.15, 0.2) is 0 Å². The van der Waals surface area contributed by atoms with Gasteiger partial charge in [-0.1, -0.05) is 23.7 Å². The first kappa shape index (κ1) is 25.0. The standard InChI is InChI=1S/C22H21ClN4O6S/c1-2-32-20-6-4-3-5-19(20)26-21(28)22(29)27-24-13-16-9-10-17(33-16)14-25-34(30,31)18-11-7-15(23)8-12-18/h3-13,25H,2,14H2,1H3,(H,26,28)(H,27,29)/b24-13+. The first-order valence-corrected chi connectivity index (χ1v) is 11.8. The van der Waals surface area contributed by atoms with Crippen LogP contribution in [0.5, 0.6) is 5.75 Å². The molecular weight excluding hydrogens is 484 g/mol. The highest BCUT2D eigenvalue weighted by atomic mass is 35.5. The van der Waals surface area contributed by atoms with E-state index >= 15 is 0 Å². The quantitative estimate of drug-likeness (QED) is 0.232. The van der Waals surface area contributed by atoms with Crippen LogP contribution in [-0.4, -0.2) is 33.1 Å². The van der Waals surface area contributed by atoms with Crippen LogP contribution in [0.2, 0.25) is 5.02 Å². The summed E-state index contributed by atoms with van der Waals surface area (Å²) in [6, 6.07) is 15.5. The summed E-state index contributed by atoms with van der Waals surface area (Å²) in [5, 5.41) is 6.55. The number of hydrogen-bond donors (Lipinski definition) is 3. The van der Waals surface area contributed by atoms with E-state index < -0.39 is 21.8 Å². The molecule has 0 unspecified atom stereocenters. The molecule has 3 aromatic rings. The van der Waals surface area contributed by atoms with Crippen molar-refractivity contribution < 1.29 is 27.2 Å². The van der Waals surface area contributed by atoms with E-state index in [-0.39, 0.29) is 17.2 Å². The number of hydrazone groups is 1. The predicted molar refractivity (Wildman–Crippen MR) is 126 cm³/mol. The van der Waals surface area contributed by atoms with Crippen molar-refractivity contribution in [2.75, 3.05) is 11.9 Å². The molecule has 0 aliphatic rings. The lowest BCUT2D eigenvalue weighted by atomic mass is 10.3. The van der Waals surface area contributed by atoms with Gasteiger partial charge in [0.1, 0.15) is 17.3 Å². The summed E-state index contributed by atoms with van der Waals surface area (Å²) in [6.45, 7) is 2.10. The summed E-state index contributed by atoms with van der Waals surface area (Å²) < 4.78 is 37.9. The summed E-state index contributed by atoms with van der Waals surface area (Å²) in [7, 11) is -3.75. The Kier molecular flexibility index (Phi) is 8.41. The van der Waals surface area contributed by atoms with E-state index in [2.05, 4.69) is 20.6 Å². The monoisotopic (exact) mass is 504 g/mol. The number of nitrogens with one attached hydrogen (secondary N) is 3. The zero-order chi connectivity index (χ0) is 24.6. The van der Waals surface area contributed by atoms with Crippen LogP contribution < -0.4 is 20.2 Å². The molecule has 34 heavy (non-hydrogen) atoms. The topological polar surface area (TPSA) is 139 Å². The molecule has 0 saturated heterocycles. The summed E-state index contributed by atoms with van der Waals surface area (Å²) in [6.07, 6.45) is 1.18. The maximum atomic E-state index is 12.3. The van der Waals surface area contributed by atoms with Gasteiger partial charge in [0.25, 0.3) is 0 Å². The molecule has 1 aromatic heterocycles. The zero-order valence-electron chi connectivity index (χ0n) is 17.9. The second-order valence-electron chi connectivity index (χ2n) is 6.66. The minimum absolute atomic E-state index is 0.0649. The number of nitrogens with zero attached hydrogens (tertiary/aromatic N) is 1. The number of furan rings is 1. The molecule has 0 saturated carbocycles. The number of anilines is 1. The minimum Gasteiger partial charge on any atom is -0.492 e. The fourth-order valence-electron chi connectivity index (χ4n) is 2.66. The Morgan fingerprint density at radius 2 is 1.79 bits per heavy atom. The average molecular weight is 505 g/mol. The number of ether oxygens (including phenoxy) is 1. The van der Waals surface area contributed by atoms with Gasteiger partial charge in [0.2, 0.25) is 10.0 Å². The lowest BCUT2D eigenvalue weighted by Crippen LogP contribution is -2.32. The number of halogens is 1. The number of amides is 2. The largest absolute Gasteiger partial charge is 0.492 e. The molecule has 0 radical (unpaired) electrons. The highest BCUT2D eigenvalue weighted by Gasteiger charge is 2.16. The molecule has 3 N–H and O–H groups in total. The van der Waals surface area contributed by atoms with Crippen LogP contribution in [0.3, 0.4) is 0 Å². The minimum atomic E-state index is -3.75. The van der Waals surface area contributed by atoms with Gasteiger partial charge >= 0.3 is 11.8 Å². The highest BCUT2D eigenvalue weighted by molar-refractivity contribution is 7.89. The van der Waals surface area contributed by atoms with E-state index in [0.29, 0.717) is 28.8 Å². The van der Waals surface area contributed by atoms with Gasteiger partial charge < -0.3 is 14.5 Å². The number of carbonyl (C=O) groups excluding carboxylic acids is 2. The fourth-order valence-corrected chi connectivity index (χ4v) is 3.78. The lowest BCUT2D eigenvalue weighted by Gasteiger charge is -2.10. The molecule has 0 atom stereocenters. The van der Waals surface area contributed by atoms with E-state index in [1.807, 2.05) is 0 Å². The van der Waals surface area contributed by atoms with Crippen LogP contribution in [-0.2, 0) is 26.2 Å². The van der Waals surface area contributed by atoms with Crippen molar-refractivity contribution in [1.29, 1.82) is 0 Å². The number of carbonyl (C=O) groups is 2. The Labute approximate surface area is 201 Å². The number of benzene rings is 2. The van der Waals surface area contributed by atoms with E-state index in [4.69, 9.17) is 20.8 Å². The molecule has 2 aromatic carbocycles. The molecular formula is C22H21ClN4O6S. The molecule has 12 heteroatoms. The van der Waals surface area contributed by atoms with Crippen molar-refractivity contribution in [3.63, 3.8) is 0 Å². The summed E-state index contributed by atoms with van der Waals surface area (Å²) in [4.78, 5) is 24.1. The second-order valence-corrected chi connectivity index (χ2v) is 8.87. The van der Waals surface area contributed by atoms with Gasteiger partial charge in [0.05, 0.1) is 29.9 Å². The molecule has 2 amide bonds. The molecule has 10 nitrogen and oxygen atoms in total. The molecule has 0 aliphatic carbocycles. The maximum Gasteiger partial charge on any atom is 0.329 e. The van der Waals surface area contributed by atoms with Crippen molar-refractivity contribution in [3.05, 3.63) is 77.2 Å². The molecule has 0 bridgehead atoms. The van der Waals surface area contributed by atoms with Crippen LogP contribution in [0.15, 0.2) is 75.1 Å². The van der Waals surface area contributed by atoms with E-state index in [1.54, 1.807) is 37.3 Å². The summed E-state index contributed by atoms with van der Waals surface area (Å²) in [5.74, 6) is -0.936. The molecule has 3 rings (SSSR count). The second kappa shape index (κ2) is 11.5. The van der Waals surface area contributed by atoms with Crippen molar-refractivity contribution in [2.45, 2.75) is 18.4 Å². The van der Waals surface area contributed by atoms with Crippen LogP contribution in [0.4, 0.5) is 5.69 Å². The smallest absolute Gasteiger partial charge is 0.329 e. The molecule has 1 heterocycles. The van der Waals surface area contributed by atoms with Gasteiger partial charge in [-0.2, -0.15) is 5.10 Å². The Morgan fingerprint density at radius 3 is 2.53 bits per heavy atom. The molecule has 178 valence electrons. The van der Waals surface area contributed by atoms with Crippen molar-refractivity contribution in [2.24, 2.45) is 5.10 Å². The van der Waals surface area contributed by atoms with E-state index in [1.165, 1.54) is 36.5 Å². The predicted octanol–water partition coefficient (Wildman–Crippen LogP) is 2.90. The lowest BCUT2D eigenvalue weighted by molar-refractivity contribution is -0.136. The third-order valence-corrected chi connectivity index (χ3v) is 5.91. The number of sulfonamides is 1.